The molecule has 0 fully saturated rings. The van der Waals surface area contributed by atoms with E-state index in [1.54, 1.807) is 0 Å². The number of rotatable bonds is 17. The second kappa shape index (κ2) is 16.2. The Balaban J connectivity index is 3.45. The standard InChI is InChI=1S/C21H44O2Si/c1-5-9-10-11-12-13-14-15-16-17-18-19-20-21(22)23-24(6-2,7-3)8-4/h5-20H2,1-4H3. The molecule has 144 valence electrons. The molecule has 0 bridgehead atoms. The van der Waals surface area contributed by atoms with Gasteiger partial charge in [-0.05, 0) is 24.6 Å². The zero-order valence-electron chi connectivity index (χ0n) is 17.1. The number of carbonyl (C=O) groups is 1. The van der Waals surface area contributed by atoms with Gasteiger partial charge in [0.2, 0.25) is 0 Å². The van der Waals surface area contributed by atoms with Gasteiger partial charge < -0.3 is 4.43 Å². The highest BCUT2D eigenvalue weighted by Crippen LogP contribution is 2.22. The molecule has 24 heavy (non-hydrogen) atoms. The van der Waals surface area contributed by atoms with E-state index in [0.717, 1.165) is 24.6 Å². The molecular weight excluding hydrogens is 312 g/mol. The van der Waals surface area contributed by atoms with Gasteiger partial charge in [-0.1, -0.05) is 98.3 Å². The molecule has 2 nitrogen and oxygen atoms in total. The molecule has 0 atom stereocenters. The Bertz CT molecular complexity index is 279. The van der Waals surface area contributed by atoms with Crippen molar-refractivity contribution in [2.75, 3.05) is 0 Å². The van der Waals surface area contributed by atoms with Crippen LogP contribution in [-0.4, -0.2) is 14.3 Å². The molecule has 0 saturated heterocycles. The first-order valence-electron chi connectivity index (χ1n) is 10.9. The minimum atomic E-state index is -1.73. The topological polar surface area (TPSA) is 26.3 Å². The summed E-state index contributed by atoms with van der Waals surface area (Å²) in [6.07, 6.45) is 16.6. The van der Waals surface area contributed by atoms with E-state index < -0.39 is 8.32 Å². The number of hydrogen-bond donors (Lipinski definition) is 0. The van der Waals surface area contributed by atoms with Gasteiger partial charge in [-0.2, -0.15) is 0 Å². The number of carbonyl (C=O) groups excluding carboxylic acids is 1. The van der Waals surface area contributed by atoms with E-state index >= 15 is 0 Å². The molecule has 0 spiro atoms. The van der Waals surface area contributed by atoms with Crippen molar-refractivity contribution in [3.63, 3.8) is 0 Å². The monoisotopic (exact) mass is 356 g/mol. The quantitative estimate of drug-likeness (QED) is 0.198. The number of unbranched alkanes of at least 4 members (excludes halogenated alkanes) is 11. The molecule has 0 N–H and O–H groups in total. The summed E-state index contributed by atoms with van der Waals surface area (Å²) < 4.78 is 5.89. The van der Waals surface area contributed by atoms with Crippen molar-refractivity contribution >= 4 is 14.3 Å². The Morgan fingerprint density at radius 1 is 0.625 bits per heavy atom. The van der Waals surface area contributed by atoms with Gasteiger partial charge in [-0.3, -0.25) is 4.79 Å². The molecule has 0 aliphatic carbocycles. The molecule has 0 rings (SSSR count). The lowest BCUT2D eigenvalue weighted by Crippen LogP contribution is -2.38. The van der Waals surface area contributed by atoms with Crippen LogP contribution < -0.4 is 0 Å². The van der Waals surface area contributed by atoms with Crippen LogP contribution in [0.5, 0.6) is 0 Å². The Morgan fingerprint density at radius 3 is 1.38 bits per heavy atom. The maximum absolute atomic E-state index is 12.0. The lowest BCUT2D eigenvalue weighted by Gasteiger charge is -2.27. The van der Waals surface area contributed by atoms with Gasteiger partial charge in [0.15, 0.2) is 0 Å². The van der Waals surface area contributed by atoms with E-state index in [0.29, 0.717) is 6.42 Å². The summed E-state index contributed by atoms with van der Waals surface area (Å²) in [5, 5.41) is 0. The van der Waals surface area contributed by atoms with Crippen LogP contribution in [0.3, 0.4) is 0 Å². The van der Waals surface area contributed by atoms with Crippen LogP contribution in [0, 0.1) is 0 Å². The lowest BCUT2D eigenvalue weighted by molar-refractivity contribution is -0.135. The van der Waals surface area contributed by atoms with E-state index in [9.17, 15) is 4.79 Å². The average molecular weight is 357 g/mol. The summed E-state index contributed by atoms with van der Waals surface area (Å²) in [6, 6.07) is 3.18. The van der Waals surface area contributed by atoms with Crippen LogP contribution in [0.2, 0.25) is 18.1 Å². The Kier molecular flexibility index (Phi) is 16.0. The first kappa shape index (κ1) is 23.7. The minimum Gasteiger partial charge on any atom is -0.519 e. The largest absolute Gasteiger partial charge is 0.519 e. The maximum Gasteiger partial charge on any atom is 0.292 e. The van der Waals surface area contributed by atoms with Gasteiger partial charge >= 0.3 is 0 Å². The van der Waals surface area contributed by atoms with E-state index in [2.05, 4.69) is 27.7 Å². The van der Waals surface area contributed by atoms with Crippen molar-refractivity contribution in [1.82, 2.24) is 0 Å². The Labute approximate surface area is 153 Å². The maximum atomic E-state index is 12.0. The highest BCUT2D eigenvalue weighted by molar-refractivity contribution is 6.74. The van der Waals surface area contributed by atoms with Crippen LogP contribution in [0.1, 0.15) is 111 Å². The van der Waals surface area contributed by atoms with Crippen LogP contribution in [0.15, 0.2) is 0 Å². The molecule has 0 aliphatic rings. The van der Waals surface area contributed by atoms with Crippen molar-refractivity contribution in [1.29, 1.82) is 0 Å². The lowest BCUT2D eigenvalue weighted by atomic mass is 10.0. The van der Waals surface area contributed by atoms with Gasteiger partial charge in [-0.15, -0.1) is 0 Å². The van der Waals surface area contributed by atoms with Crippen molar-refractivity contribution in [3.8, 4) is 0 Å². The minimum absolute atomic E-state index is 0.0688. The molecule has 0 aromatic heterocycles. The van der Waals surface area contributed by atoms with E-state index in [-0.39, 0.29) is 5.97 Å². The van der Waals surface area contributed by atoms with E-state index in [1.165, 1.54) is 70.6 Å². The number of hydrogen-bond acceptors (Lipinski definition) is 2. The smallest absolute Gasteiger partial charge is 0.292 e. The highest BCUT2D eigenvalue weighted by Gasteiger charge is 2.32. The first-order valence-corrected chi connectivity index (χ1v) is 13.4. The van der Waals surface area contributed by atoms with Crippen molar-refractivity contribution in [3.05, 3.63) is 0 Å². The third-order valence-corrected chi connectivity index (χ3v) is 10.0. The van der Waals surface area contributed by atoms with Crippen LogP contribution >= 0.6 is 0 Å². The van der Waals surface area contributed by atoms with E-state index in [1.807, 2.05) is 0 Å². The Hall–Kier alpha value is -0.313. The molecule has 0 radical (unpaired) electrons. The molecule has 0 aliphatic heterocycles. The van der Waals surface area contributed by atoms with E-state index in [4.69, 9.17) is 4.43 Å². The first-order chi connectivity index (χ1) is 11.6. The molecular formula is C21H44O2Si. The molecule has 0 saturated carbocycles. The second-order valence-corrected chi connectivity index (χ2v) is 12.0. The van der Waals surface area contributed by atoms with Gasteiger partial charge in [0.1, 0.15) is 0 Å². The fraction of sp³-hybridized carbons (Fsp3) is 0.952. The summed E-state index contributed by atoms with van der Waals surface area (Å²) in [4.78, 5) is 12.0. The normalized spacial score (nSPS) is 11.7. The van der Waals surface area contributed by atoms with Crippen molar-refractivity contribution in [2.24, 2.45) is 0 Å². The summed E-state index contributed by atoms with van der Waals surface area (Å²) in [5.74, 6) is 0.0688. The van der Waals surface area contributed by atoms with Crippen molar-refractivity contribution < 1.29 is 9.22 Å². The average Bonchev–Trinajstić information content (AvgIpc) is 2.60. The third-order valence-electron chi connectivity index (χ3n) is 5.50. The van der Waals surface area contributed by atoms with Gasteiger partial charge in [-0.25, -0.2) is 0 Å². The molecule has 0 heterocycles. The van der Waals surface area contributed by atoms with Gasteiger partial charge in [0, 0.05) is 6.42 Å². The summed E-state index contributed by atoms with van der Waals surface area (Å²) in [6.45, 7) is 8.80. The fourth-order valence-electron chi connectivity index (χ4n) is 3.37. The van der Waals surface area contributed by atoms with Crippen LogP contribution in [0.4, 0.5) is 0 Å². The van der Waals surface area contributed by atoms with Crippen LogP contribution in [0.25, 0.3) is 0 Å². The predicted octanol–water partition coefficient (Wildman–Crippen LogP) is 7.63. The molecule has 3 heteroatoms. The second-order valence-electron chi connectivity index (χ2n) is 7.36. The molecule has 0 aromatic rings. The summed E-state index contributed by atoms with van der Waals surface area (Å²) in [5.41, 5.74) is 0. The van der Waals surface area contributed by atoms with Gasteiger partial charge in [0.05, 0.1) is 0 Å². The molecule has 0 unspecified atom stereocenters. The molecule has 0 aromatic carbocycles. The summed E-state index contributed by atoms with van der Waals surface area (Å²) in [7, 11) is -1.73. The zero-order chi connectivity index (χ0) is 18.1. The predicted molar refractivity (Wildman–Crippen MR) is 109 cm³/mol. The van der Waals surface area contributed by atoms with Crippen molar-refractivity contribution in [2.45, 2.75) is 129 Å². The molecule has 0 amide bonds. The fourth-order valence-corrected chi connectivity index (χ4v) is 5.89. The third kappa shape index (κ3) is 12.1. The zero-order valence-corrected chi connectivity index (χ0v) is 18.1. The van der Waals surface area contributed by atoms with Crippen LogP contribution in [-0.2, 0) is 9.22 Å². The SMILES string of the molecule is CCCCCCCCCCCCCCC(=O)O[Si](CC)(CC)CC. The highest BCUT2D eigenvalue weighted by atomic mass is 28.4. The summed E-state index contributed by atoms with van der Waals surface area (Å²) >= 11 is 0. The van der Waals surface area contributed by atoms with Gasteiger partial charge in [0.25, 0.3) is 14.3 Å². The Morgan fingerprint density at radius 2 is 1.00 bits per heavy atom.